The van der Waals surface area contributed by atoms with Crippen molar-refractivity contribution in [1.82, 2.24) is 9.88 Å². The van der Waals surface area contributed by atoms with Crippen molar-refractivity contribution in [3.8, 4) is 0 Å². The van der Waals surface area contributed by atoms with Crippen molar-refractivity contribution >= 4 is 22.5 Å². The van der Waals surface area contributed by atoms with Gasteiger partial charge in [0.05, 0.1) is 5.02 Å². The first-order valence-corrected chi connectivity index (χ1v) is 5.95. The average Bonchev–Trinajstić information content (AvgIpc) is 2.62. The summed E-state index contributed by atoms with van der Waals surface area (Å²) in [7, 11) is 4.20. The van der Waals surface area contributed by atoms with Crippen LogP contribution in [0.15, 0.2) is 24.4 Å². The van der Waals surface area contributed by atoms with Crippen molar-refractivity contribution in [3.05, 3.63) is 35.0 Å². The van der Waals surface area contributed by atoms with Crippen LogP contribution in [0.3, 0.4) is 0 Å². The lowest BCUT2D eigenvalue weighted by molar-refractivity contribution is 0.400. The van der Waals surface area contributed by atoms with Gasteiger partial charge in [0.25, 0.3) is 0 Å². The highest BCUT2D eigenvalue weighted by Gasteiger charge is 2.06. The molecule has 0 saturated heterocycles. The molecule has 16 heavy (non-hydrogen) atoms. The molecule has 2 rings (SSSR count). The van der Waals surface area contributed by atoms with E-state index in [0.717, 1.165) is 29.9 Å². The summed E-state index contributed by atoms with van der Waals surface area (Å²) >= 11 is 6.21. The van der Waals surface area contributed by atoms with Crippen molar-refractivity contribution in [2.24, 2.45) is 0 Å². The normalized spacial score (nSPS) is 11.5. The molecule has 1 aromatic heterocycles. The Hall–Kier alpha value is -0.990. The van der Waals surface area contributed by atoms with E-state index < -0.39 is 0 Å². The Morgan fingerprint density at radius 1 is 1.31 bits per heavy atom. The SMILES string of the molecule is CN(C)CCCc1c[nH]c2cccc(Cl)c12. The lowest BCUT2D eigenvalue weighted by Gasteiger charge is -2.08. The van der Waals surface area contributed by atoms with Crippen LogP contribution in [-0.4, -0.2) is 30.5 Å². The van der Waals surface area contributed by atoms with Gasteiger partial charge in [0.1, 0.15) is 0 Å². The molecule has 0 aliphatic carbocycles. The quantitative estimate of drug-likeness (QED) is 0.863. The maximum Gasteiger partial charge on any atom is 0.0502 e. The molecule has 0 bridgehead atoms. The van der Waals surface area contributed by atoms with Gasteiger partial charge in [-0.2, -0.15) is 0 Å². The number of hydrogen-bond donors (Lipinski definition) is 1. The summed E-state index contributed by atoms with van der Waals surface area (Å²) in [5.74, 6) is 0. The van der Waals surface area contributed by atoms with Gasteiger partial charge in [-0.3, -0.25) is 0 Å². The number of aromatic amines is 1. The number of halogens is 1. The van der Waals surface area contributed by atoms with E-state index in [2.05, 4.69) is 36.2 Å². The molecule has 0 fully saturated rings. The lowest BCUT2D eigenvalue weighted by atomic mass is 10.1. The van der Waals surface area contributed by atoms with Crippen molar-refractivity contribution in [1.29, 1.82) is 0 Å². The first kappa shape index (κ1) is 11.5. The first-order valence-electron chi connectivity index (χ1n) is 5.57. The minimum absolute atomic E-state index is 0.846. The molecule has 86 valence electrons. The van der Waals surface area contributed by atoms with E-state index in [4.69, 9.17) is 11.6 Å². The number of nitrogens with one attached hydrogen (secondary N) is 1. The Bertz CT molecular complexity index is 474. The second kappa shape index (κ2) is 4.89. The van der Waals surface area contributed by atoms with E-state index in [1.165, 1.54) is 10.9 Å². The molecular formula is C13H17ClN2. The Morgan fingerprint density at radius 2 is 2.12 bits per heavy atom. The van der Waals surface area contributed by atoms with Crippen LogP contribution < -0.4 is 0 Å². The van der Waals surface area contributed by atoms with Gasteiger partial charge < -0.3 is 9.88 Å². The molecule has 2 nitrogen and oxygen atoms in total. The summed E-state index contributed by atoms with van der Waals surface area (Å²) in [6.07, 6.45) is 4.30. The van der Waals surface area contributed by atoms with Crippen LogP contribution >= 0.6 is 11.6 Å². The molecule has 0 saturated carbocycles. The van der Waals surface area contributed by atoms with Crippen LogP contribution in [0, 0.1) is 0 Å². The molecule has 1 N–H and O–H groups in total. The van der Waals surface area contributed by atoms with Crippen LogP contribution in [0.25, 0.3) is 10.9 Å². The number of nitrogens with zero attached hydrogens (tertiary/aromatic N) is 1. The minimum atomic E-state index is 0.846. The standard InChI is InChI=1S/C13H17ClN2/c1-16(2)8-4-5-10-9-15-12-7-3-6-11(14)13(10)12/h3,6-7,9,15H,4-5,8H2,1-2H3. The Balaban J connectivity index is 2.18. The largest absolute Gasteiger partial charge is 0.361 e. The smallest absolute Gasteiger partial charge is 0.0502 e. The number of hydrogen-bond acceptors (Lipinski definition) is 1. The third-order valence-corrected chi connectivity index (χ3v) is 3.10. The number of benzene rings is 1. The monoisotopic (exact) mass is 236 g/mol. The fourth-order valence-electron chi connectivity index (χ4n) is 1.99. The van der Waals surface area contributed by atoms with Crippen LogP contribution in [0.2, 0.25) is 5.02 Å². The van der Waals surface area contributed by atoms with Crippen LogP contribution in [0.5, 0.6) is 0 Å². The average molecular weight is 237 g/mol. The second-order valence-electron chi connectivity index (χ2n) is 4.38. The summed E-state index contributed by atoms with van der Waals surface area (Å²) in [6.45, 7) is 1.11. The Labute approximate surface area is 101 Å². The zero-order valence-corrected chi connectivity index (χ0v) is 10.5. The molecule has 0 amide bonds. The molecule has 1 aromatic carbocycles. The molecule has 0 unspecified atom stereocenters. The van der Waals surface area contributed by atoms with E-state index in [1.54, 1.807) is 0 Å². The maximum absolute atomic E-state index is 6.21. The molecule has 0 aliphatic heterocycles. The fourth-order valence-corrected chi connectivity index (χ4v) is 2.29. The molecule has 3 heteroatoms. The number of rotatable bonds is 4. The van der Waals surface area contributed by atoms with Gasteiger partial charge in [0.2, 0.25) is 0 Å². The molecule has 0 atom stereocenters. The highest BCUT2D eigenvalue weighted by atomic mass is 35.5. The number of fused-ring (bicyclic) bond motifs is 1. The van der Waals surface area contributed by atoms with Gasteiger partial charge in [-0.25, -0.2) is 0 Å². The van der Waals surface area contributed by atoms with Gasteiger partial charge in [-0.15, -0.1) is 0 Å². The molecular weight excluding hydrogens is 220 g/mol. The second-order valence-corrected chi connectivity index (χ2v) is 4.79. The predicted molar refractivity (Wildman–Crippen MR) is 70.2 cm³/mol. The maximum atomic E-state index is 6.21. The van der Waals surface area contributed by atoms with E-state index >= 15 is 0 Å². The molecule has 2 aromatic rings. The first-order chi connectivity index (χ1) is 7.68. The molecule has 0 spiro atoms. The lowest BCUT2D eigenvalue weighted by Crippen LogP contribution is -2.13. The van der Waals surface area contributed by atoms with E-state index in [1.807, 2.05) is 12.1 Å². The van der Waals surface area contributed by atoms with Crippen molar-refractivity contribution in [2.45, 2.75) is 12.8 Å². The number of H-pyrrole nitrogens is 1. The van der Waals surface area contributed by atoms with E-state index in [9.17, 15) is 0 Å². The highest BCUT2D eigenvalue weighted by Crippen LogP contribution is 2.27. The van der Waals surface area contributed by atoms with Gasteiger partial charge in [0.15, 0.2) is 0 Å². The van der Waals surface area contributed by atoms with Gasteiger partial charge >= 0.3 is 0 Å². The summed E-state index contributed by atoms with van der Waals surface area (Å²) < 4.78 is 0. The molecule has 1 heterocycles. The molecule has 0 aliphatic rings. The van der Waals surface area contributed by atoms with Crippen LogP contribution in [0.4, 0.5) is 0 Å². The van der Waals surface area contributed by atoms with Gasteiger partial charge in [-0.1, -0.05) is 17.7 Å². The third kappa shape index (κ3) is 2.39. The van der Waals surface area contributed by atoms with Crippen LogP contribution in [0.1, 0.15) is 12.0 Å². The van der Waals surface area contributed by atoms with Crippen molar-refractivity contribution in [3.63, 3.8) is 0 Å². The summed E-state index contributed by atoms with van der Waals surface area (Å²) in [5.41, 5.74) is 2.45. The number of aromatic nitrogens is 1. The van der Waals surface area contributed by atoms with Gasteiger partial charge in [-0.05, 0) is 51.2 Å². The zero-order chi connectivity index (χ0) is 11.5. The highest BCUT2D eigenvalue weighted by molar-refractivity contribution is 6.35. The van der Waals surface area contributed by atoms with Crippen molar-refractivity contribution < 1.29 is 0 Å². The molecule has 0 radical (unpaired) electrons. The van der Waals surface area contributed by atoms with Gasteiger partial charge in [0, 0.05) is 17.1 Å². The minimum Gasteiger partial charge on any atom is -0.361 e. The van der Waals surface area contributed by atoms with Crippen molar-refractivity contribution in [2.75, 3.05) is 20.6 Å². The Morgan fingerprint density at radius 3 is 2.88 bits per heavy atom. The number of aryl methyl sites for hydroxylation is 1. The summed E-state index contributed by atoms with van der Waals surface area (Å²) in [4.78, 5) is 5.47. The van der Waals surface area contributed by atoms with Crippen LogP contribution in [-0.2, 0) is 6.42 Å². The summed E-state index contributed by atoms with van der Waals surface area (Å²) in [6, 6.07) is 5.99. The van der Waals surface area contributed by atoms with E-state index in [-0.39, 0.29) is 0 Å². The predicted octanol–water partition coefficient (Wildman–Crippen LogP) is 3.32. The van der Waals surface area contributed by atoms with E-state index in [0.29, 0.717) is 0 Å². The fraction of sp³-hybridized carbons (Fsp3) is 0.385. The Kier molecular flexibility index (Phi) is 3.52. The zero-order valence-electron chi connectivity index (χ0n) is 9.76. The third-order valence-electron chi connectivity index (χ3n) is 2.79. The topological polar surface area (TPSA) is 19.0 Å². The summed E-state index contributed by atoms with van der Waals surface area (Å²) in [5, 5.41) is 2.03.